The van der Waals surface area contributed by atoms with Gasteiger partial charge < -0.3 is 9.88 Å². The van der Waals surface area contributed by atoms with E-state index in [1.54, 1.807) is 7.05 Å². The minimum absolute atomic E-state index is 0.132. The second kappa shape index (κ2) is 4.92. The zero-order valence-corrected chi connectivity index (χ0v) is 10.2. The van der Waals surface area contributed by atoms with Crippen LogP contribution in [0.5, 0.6) is 0 Å². The summed E-state index contributed by atoms with van der Waals surface area (Å²) in [5, 5.41) is 22.4. The molecule has 2 rings (SSSR count). The number of nitro groups is 1. The first-order valence-corrected chi connectivity index (χ1v) is 5.77. The summed E-state index contributed by atoms with van der Waals surface area (Å²) in [6, 6.07) is 2.34. The van der Waals surface area contributed by atoms with Crippen molar-refractivity contribution in [3.63, 3.8) is 0 Å². The Morgan fingerprint density at radius 1 is 1.50 bits per heavy atom. The summed E-state index contributed by atoms with van der Waals surface area (Å²) in [6.45, 7) is 0.167. The third-order valence-electron chi connectivity index (χ3n) is 2.16. The lowest BCUT2D eigenvalue weighted by Crippen LogP contribution is -2.19. The Morgan fingerprint density at radius 2 is 2.28 bits per heavy atom. The normalized spacial score (nSPS) is 10.3. The second-order valence-electron chi connectivity index (χ2n) is 3.36. The van der Waals surface area contributed by atoms with E-state index in [1.165, 1.54) is 28.2 Å². The molecule has 0 fully saturated rings. The molecule has 0 aliphatic rings. The SMILES string of the molecule is CNc1nnc(Cn2cc([N+](=O)[O-])ccc2=O)s1. The molecule has 94 valence electrons. The zero-order valence-electron chi connectivity index (χ0n) is 9.36. The number of hydrogen-bond donors (Lipinski definition) is 1. The van der Waals surface area contributed by atoms with Crippen molar-refractivity contribution in [2.24, 2.45) is 0 Å². The van der Waals surface area contributed by atoms with Gasteiger partial charge in [0.25, 0.3) is 11.2 Å². The topological polar surface area (TPSA) is 103 Å². The summed E-state index contributed by atoms with van der Waals surface area (Å²) in [7, 11) is 1.71. The summed E-state index contributed by atoms with van der Waals surface area (Å²) < 4.78 is 1.23. The van der Waals surface area contributed by atoms with Crippen LogP contribution in [0.15, 0.2) is 23.1 Å². The van der Waals surface area contributed by atoms with Crippen LogP contribution >= 0.6 is 11.3 Å². The van der Waals surface area contributed by atoms with Crippen molar-refractivity contribution in [2.75, 3.05) is 12.4 Å². The maximum atomic E-state index is 11.6. The van der Waals surface area contributed by atoms with Gasteiger partial charge in [0.1, 0.15) is 5.01 Å². The first-order chi connectivity index (χ1) is 8.60. The molecule has 0 saturated heterocycles. The summed E-state index contributed by atoms with van der Waals surface area (Å²) in [4.78, 5) is 21.6. The summed E-state index contributed by atoms with van der Waals surface area (Å²) in [5.41, 5.74) is -0.449. The molecule has 2 heterocycles. The van der Waals surface area contributed by atoms with Crippen LogP contribution in [0.25, 0.3) is 0 Å². The van der Waals surface area contributed by atoms with Gasteiger partial charge in [0.2, 0.25) is 5.13 Å². The molecule has 0 unspecified atom stereocenters. The molecule has 0 aliphatic carbocycles. The van der Waals surface area contributed by atoms with E-state index < -0.39 is 4.92 Å². The van der Waals surface area contributed by atoms with E-state index >= 15 is 0 Å². The monoisotopic (exact) mass is 267 g/mol. The summed E-state index contributed by atoms with van der Waals surface area (Å²) >= 11 is 1.29. The van der Waals surface area contributed by atoms with Crippen molar-refractivity contribution >= 4 is 22.2 Å². The number of nitrogens with one attached hydrogen (secondary N) is 1. The lowest BCUT2D eigenvalue weighted by molar-refractivity contribution is -0.385. The quantitative estimate of drug-likeness (QED) is 0.646. The minimum Gasteiger partial charge on any atom is -0.363 e. The van der Waals surface area contributed by atoms with Gasteiger partial charge in [-0.2, -0.15) is 0 Å². The largest absolute Gasteiger partial charge is 0.363 e. The molecular weight excluding hydrogens is 258 g/mol. The maximum absolute atomic E-state index is 11.6. The van der Waals surface area contributed by atoms with E-state index in [9.17, 15) is 14.9 Å². The highest BCUT2D eigenvalue weighted by Crippen LogP contribution is 2.15. The van der Waals surface area contributed by atoms with Gasteiger partial charge in [-0.15, -0.1) is 10.2 Å². The van der Waals surface area contributed by atoms with Crippen molar-refractivity contribution in [1.82, 2.24) is 14.8 Å². The Kier molecular flexibility index (Phi) is 3.33. The molecule has 2 aromatic rings. The van der Waals surface area contributed by atoms with Crippen LogP contribution in [0, 0.1) is 10.1 Å². The van der Waals surface area contributed by atoms with Gasteiger partial charge in [-0.25, -0.2) is 0 Å². The van der Waals surface area contributed by atoms with Gasteiger partial charge in [0, 0.05) is 19.2 Å². The van der Waals surface area contributed by atoms with Gasteiger partial charge in [-0.3, -0.25) is 14.9 Å². The van der Waals surface area contributed by atoms with E-state index in [0.29, 0.717) is 10.1 Å². The van der Waals surface area contributed by atoms with Crippen LogP contribution in [-0.4, -0.2) is 26.7 Å². The molecule has 0 saturated carbocycles. The maximum Gasteiger partial charge on any atom is 0.285 e. The lowest BCUT2D eigenvalue weighted by Gasteiger charge is -2.01. The molecule has 0 spiro atoms. The zero-order chi connectivity index (χ0) is 13.1. The fourth-order valence-electron chi connectivity index (χ4n) is 1.31. The Hall–Kier alpha value is -2.29. The van der Waals surface area contributed by atoms with Crippen LogP contribution in [0.4, 0.5) is 10.8 Å². The Labute approximate surface area is 105 Å². The standard InChI is InChI=1S/C9H9N5O3S/c1-10-9-12-11-7(18-9)5-13-4-6(14(16)17)2-3-8(13)15/h2-4H,5H2,1H3,(H,10,12). The highest BCUT2D eigenvalue weighted by atomic mass is 32.1. The molecule has 8 nitrogen and oxygen atoms in total. The number of aromatic nitrogens is 3. The smallest absolute Gasteiger partial charge is 0.285 e. The van der Waals surface area contributed by atoms with Crippen molar-refractivity contribution in [1.29, 1.82) is 0 Å². The Morgan fingerprint density at radius 3 is 2.89 bits per heavy atom. The number of pyridine rings is 1. The first kappa shape index (κ1) is 12.2. The predicted octanol–water partition coefficient (Wildman–Crippen LogP) is 0.698. The fourth-order valence-corrected chi connectivity index (χ4v) is 2.01. The van der Waals surface area contributed by atoms with Gasteiger partial charge in [0.05, 0.1) is 17.7 Å². The van der Waals surface area contributed by atoms with E-state index in [4.69, 9.17) is 0 Å². The van der Waals surface area contributed by atoms with Crippen LogP contribution in [-0.2, 0) is 6.54 Å². The number of nitrogens with zero attached hydrogens (tertiary/aromatic N) is 4. The van der Waals surface area contributed by atoms with Gasteiger partial charge >= 0.3 is 0 Å². The fraction of sp³-hybridized carbons (Fsp3) is 0.222. The molecule has 0 amide bonds. The van der Waals surface area contributed by atoms with Crippen molar-refractivity contribution < 1.29 is 4.92 Å². The van der Waals surface area contributed by atoms with Crippen LogP contribution in [0.2, 0.25) is 0 Å². The Bertz CT molecular complexity index is 635. The number of anilines is 1. The number of hydrogen-bond acceptors (Lipinski definition) is 7. The van der Waals surface area contributed by atoms with E-state index in [0.717, 1.165) is 6.07 Å². The lowest BCUT2D eigenvalue weighted by atomic mass is 10.4. The molecular formula is C9H9N5O3S. The highest BCUT2D eigenvalue weighted by Gasteiger charge is 2.10. The number of rotatable bonds is 4. The first-order valence-electron chi connectivity index (χ1n) is 4.95. The third-order valence-corrected chi connectivity index (χ3v) is 3.09. The van der Waals surface area contributed by atoms with E-state index in [2.05, 4.69) is 15.5 Å². The average molecular weight is 267 g/mol. The molecule has 18 heavy (non-hydrogen) atoms. The second-order valence-corrected chi connectivity index (χ2v) is 4.42. The third kappa shape index (κ3) is 2.51. The van der Waals surface area contributed by atoms with E-state index in [-0.39, 0.29) is 17.8 Å². The van der Waals surface area contributed by atoms with Crippen LogP contribution in [0.3, 0.4) is 0 Å². The Balaban J connectivity index is 2.30. The molecule has 0 bridgehead atoms. The molecule has 0 radical (unpaired) electrons. The molecule has 1 N–H and O–H groups in total. The predicted molar refractivity (Wildman–Crippen MR) is 65.9 cm³/mol. The van der Waals surface area contributed by atoms with E-state index in [1.807, 2.05) is 0 Å². The minimum atomic E-state index is -0.547. The molecule has 0 atom stereocenters. The van der Waals surface area contributed by atoms with Crippen molar-refractivity contribution in [3.8, 4) is 0 Å². The van der Waals surface area contributed by atoms with Crippen molar-refractivity contribution in [2.45, 2.75) is 6.54 Å². The molecule has 2 aromatic heterocycles. The molecule has 9 heteroatoms. The van der Waals surface area contributed by atoms with Gasteiger partial charge in [0.15, 0.2) is 0 Å². The molecule has 0 aliphatic heterocycles. The summed E-state index contributed by atoms with van der Waals surface area (Å²) in [5.74, 6) is 0. The highest BCUT2D eigenvalue weighted by molar-refractivity contribution is 7.15. The van der Waals surface area contributed by atoms with Gasteiger partial charge in [-0.05, 0) is 0 Å². The van der Waals surface area contributed by atoms with Crippen LogP contribution in [0.1, 0.15) is 5.01 Å². The molecule has 0 aromatic carbocycles. The summed E-state index contributed by atoms with van der Waals surface area (Å²) in [6.07, 6.45) is 1.20. The van der Waals surface area contributed by atoms with Crippen molar-refractivity contribution in [3.05, 3.63) is 43.8 Å². The van der Waals surface area contributed by atoms with Gasteiger partial charge in [-0.1, -0.05) is 11.3 Å². The van der Waals surface area contributed by atoms with Crippen LogP contribution < -0.4 is 10.9 Å². The average Bonchev–Trinajstić information content (AvgIpc) is 2.79.